The zero-order valence-corrected chi connectivity index (χ0v) is 14.8. The first-order valence-corrected chi connectivity index (χ1v) is 7.93. The van der Waals surface area contributed by atoms with Gasteiger partial charge < -0.3 is 0 Å². The highest BCUT2D eigenvalue weighted by Gasteiger charge is 2.14. The number of hydrogen-bond donors (Lipinski definition) is 0. The number of hydrazone groups is 1. The molecule has 2 aromatic rings. The molecule has 1 aromatic carbocycles. The van der Waals surface area contributed by atoms with Gasteiger partial charge in [-0.1, -0.05) is 40.9 Å². The molecule has 0 radical (unpaired) electrons. The van der Waals surface area contributed by atoms with Crippen LogP contribution in [0.1, 0.15) is 23.6 Å². The number of aryl methyl sites for hydroxylation is 1. The Morgan fingerprint density at radius 2 is 2.00 bits per heavy atom. The maximum Gasteiger partial charge on any atom is 0.168 e. The summed E-state index contributed by atoms with van der Waals surface area (Å²) in [6, 6.07) is 9.01. The summed E-state index contributed by atoms with van der Waals surface area (Å²) < 4.78 is 0. The van der Waals surface area contributed by atoms with Crippen LogP contribution in [-0.4, -0.2) is 17.7 Å². The molecular formula is C16H13Cl3N4. The van der Waals surface area contributed by atoms with Crippen molar-refractivity contribution in [2.24, 2.45) is 5.10 Å². The van der Waals surface area contributed by atoms with E-state index in [0.29, 0.717) is 33.1 Å². The molecule has 0 saturated carbocycles. The van der Waals surface area contributed by atoms with E-state index in [2.05, 4.69) is 16.2 Å². The van der Waals surface area contributed by atoms with Crippen LogP contribution in [0.15, 0.2) is 29.4 Å². The number of anilines is 1. The fraction of sp³-hybridized carbons (Fsp3) is 0.188. The molecule has 0 bridgehead atoms. The predicted molar refractivity (Wildman–Crippen MR) is 95.8 cm³/mol. The average Bonchev–Trinajstić information content (AvgIpc) is 2.51. The van der Waals surface area contributed by atoms with Gasteiger partial charge in [-0.15, -0.1) is 0 Å². The highest BCUT2D eigenvalue weighted by Crippen LogP contribution is 2.25. The minimum atomic E-state index is 0.319. The summed E-state index contributed by atoms with van der Waals surface area (Å²) in [4.78, 5) is 4.23. The molecule has 0 amide bonds. The van der Waals surface area contributed by atoms with Crippen LogP contribution < -0.4 is 5.01 Å². The van der Waals surface area contributed by atoms with E-state index in [-0.39, 0.29) is 0 Å². The van der Waals surface area contributed by atoms with Crippen LogP contribution in [0.25, 0.3) is 0 Å². The van der Waals surface area contributed by atoms with E-state index in [1.54, 1.807) is 35.5 Å². The molecular weight excluding hydrogens is 355 g/mol. The molecule has 0 atom stereocenters. The number of aromatic nitrogens is 1. The van der Waals surface area contributed by atoms with Gasteiger partial charge in [0.1, 0.15) is 11.2 Å². The molecule has 0 N–H and O–H groups in total. The zero-order chi connectivity index (χ0) is 17.0. The minimum absolute atomic E-state index is 0.319. The molecule has 0 aliphatic rings. The molecule has 23 heavy (non-hydrogen) atoms. The van der Waals surface area contributed by atoms with Crippen molar-refractivity contribution in [2.75, 3.05) is 11.6 Å². The third-order valence-corrected chi connectivity index (χ3v) is 4.04. The number of nitriles is 1. The first-order chi connectivity index (χ1) is 11.0. The lowest BCUT2D eigenvalue weighted by molar-refractivity contribution is 0.869. The summed E-state index contributed by atoms with van der Waals surface area (Å²) >= 11 is 17.9. The topological polar surface area (TPSA) is 52.3 Å². The van der Waals surface area contributed by atoms with Gasteiger partial charge in [-0.2, -0.15) is 10.4 Å². The maximum atomic E-state index is 9.34. The molecule has 0 spiro atoms. The second-order valence-corrected chi connectivity index (χ2v) is 5.91. The smallest absolute Gasteiger partial charge is 0.168 e. The van der Waals surface area contributed by atoms with Crippen molar-refractivity contribution in [1.82, 2.24) is 4.98 Å². The third kappa shape index (κ3) is 4.14. The van der Waals surface area contributed by atoms with Crippen molar-refractivity contribution < 1.29 is 0 Å². The molecule has 0 aliphatic heterocycles. The zero-order valence-electron chi connectivity index (χ0n) is 12.5. The van der Waals surface area contributed by atoms with E-state index in [0.717, 1.165) is 11.1 Å². The van der Waals surface area contributed by atoms with Gasteiger partial charge in [0.2, 0.25) is 0 Å². The Morgan fingerprint density at radius 3 is 2.61 bits per heavy atom. The third-order valence-electron chi connectivity index (χ3n) is 3.11. The predicted octanol–water partition coefficient (Wildman–Crippen LogP) is 5.08. The standard InChI is InChI=1S/C16H13Cl3N4/c1-3-23(16-12(8-20)10(2)6-15(19)22-16)21-9-11-4-5-13(17)14(18)7-11/h4-7,9H,3H2,1-2H3/b21-9+. The highest BCUT2D eigenvalue weighted by atomic mass is 35.5. The Morgan fingerprint density at radius 1 is 1.26 bits per heavy atom. The number of nitrogens with zero attached hydrogens (tertiary/aromatic N) is 4. The molecule has 0 unspecified atom stereocenters. The van der Waals surface area contributed by atoms with Crippen LogP contribution in [0.5, 0.6) is 0 Å². The summed E-state index contributed by atoms with van der Waals surface area (Å²) in [6.45, 7) is 4.25. The molecule has 1 heterocycles. The van der Waals surface area contributed by atoms with E-state index in [9.17, 15) is 5.26 Å². The number of rotatable bonds is 4. The van der Waals surface area contributed by atoms with Gasteiger partial charge in [-0.25, -0.2) is 9.99 Å². The Hall–Kier alpha value is -1.80. The lowest BCUT2D eigenvalue weighted by Gasteiger charge is -2.18. The first kappa shape index (κ1) is 17.6. The Kier molecular flexibility index (Phi) is 5.84. The van der Waals surface area contributed by atoms with E-state index >= 15 is 0 Å². The molecule has 1 aromatic heterocycles. The second-order valence-electron chi connectivity index (χ2n) is 4.71. The minimum Gasteiger partial charge on any atom is -0.247 e. The van der Waals surface area contributed by atoms with Gasteiger partial charge in [0.05, 0.1) is 21.8 Å². The maximum absolute atomic E-state index is 9.34. The highest BCUT2D eigenvalue weighted by molar-refractivity contribution is 6.42. The number of halogens is 3. The van der Waals surface area contributed by atoms with Crippen molar-refractivity contribution >= 4 is 46.8 Å². The van der Waals surface area contributed by atoms with Crippen LogP contribution in [0.3, 0.4) is 0 Å². The van der Waals surface area contributed by atoms with Crippen LogP contribution >= 0.6 is 34.8 Å². The SMILES string of the molecule is CCN(/N=C/c1ccc(Cl)c(Cl)c1)c1nc(Cl)cc(C)c1C#N. The molecule has 7 heteroatoms. The van der Waals surface area contributed by atoms with Crippen molar-refractivity contribution in [1.29, 1.82) is 5.26 Å². The lowest BCUT2D eigenvalue weighted by atomic mass is 10.1. The van der Waals surface area contributed by atoms with Gasteiger partial charge in [0, 0.05) is 6.54 Å². The van der Waals surface area contributed by atoms with Crippen molar-refractivity contribution in [3.8, 4) is 6.07 Å². The molecule has 0 saturated heterocycles. The van der Waals surface area contributed by atoms with Crippen LogP contribution in [-0.2, 0) is 0 Å². The van der Waals surface area contributed by atoms with E-state index in [4.69, 9.17) is 34.8 Å². The fourth-order valence-corrected chi connectivity index (χ4v) is 2.51. The largest absolute Gasteiger partial charge is 0.247 e. The summed E-state index contributed by atoms with van der Waals surface area (Å²) in [5.74, 6) is 0.427. The van der Waals surface area contributed by atoms with Crippen LogP contribution in [0.4, 0.5) is 5.82 Å². The number of hydrogen-bond acceptors (Lipinski definition) is 4. The van der Waals surface area contributed by atoms with Crippen LogP contribution in [0.2, 0.25) is 15.2 Å². The summed E-state index contributed by atoms with van der Waals surface area (Å²) in [5, 5.41) is 16.6. The molecule has 0 fully saturated rings. The van der Waals surface area contributed by atoms with Crippen molar-refractivity contribution in [2.45, 2.75) is 13.8 Å². The van der Waals surface area contributed by atoms with Gasteiger partial charge >= 0.3 is 0 Å². The summed E-state index contributed by atoms with van der Waals surface area (Å²) in [5.41, 5.74) is 1.99. The monoisotopic (exact) mass is 366 g/mol. The first-order valence-electron chi connectivity index (χ1n) is 6.80. The Bertz CT molecular complexity index is 797. The quantitative estimate of drug-likeness (QED) is 0.430. The van der Waals surface area contributed by atoms with E-state index in [1.807, 2.05) is 13.8 Å². The molecule has 0 aliphatic carbocycles. The lowest BCUT2D eigenvalue weighted by Crippen LogP contribution is -2.19. The van der Waals surface area contributed by atoms with Gasteiger partial charge in [-0.05, 0) is 43.2 Å². The van der Waals surface area contributed by atoms with E-state index in [1.165, 1.54) is 0 Å². The second kappa shape index (κ2) is 7.65. The Balaban J connectivity index is 2.39. The summed E-state index contributed by atoms with van der Waals surface area (Å²) in [6.07, 6.45) is 1.63. The fourth-order valence-electron chi connectivity index (χ4n) is 1.96. The number of benzene rings is 1. The summed E-state index contributed by atoms with van der Waals surface area (Å²) in [7, 11) is 0. The normalized spacial score (nSPS) is 10.8. The average molecular weight is 368 g/mol. The van der Waals surface area contributed by atoms with Gasteiger partial charge in [-0.3, -0.25) is 0 Å². The van der Waals surface area contributed by atoms with E-state index < -0.39 is 0 Å². The van der Waals surface area contributed by atoms with Crippen molar-refractivity contribution in [3.05, 3.63) is 56.2 Å². The molecule has 118 valence electrons. The molecule has 2 rings (SSSR count). The Labute approximate surface area is 149 Å². The van der Waals surface area contributed by atoms with Crippen molar-refractivity contribution in [3.63, 3.8) is 0 Å². The van der Waals surface area contributed by atoms with Gasteiger partial charge in [0.15, 0.2) is 5.82 Å². The number of pyridine rings is 1. The van der Waals surface area contributed by atoms with Gasteiger partial charge in [0.25, 0.3) is 0 Å². The molecule has 4 nitrogen and oxygen atoms in total. The van der Waals surface area contributed by atoms with Crippen LogP contribution in [0, 0.1) is 18.3 Å².